The van der Waals surface area contributed by atoms with Crippen LogP contribution in [0.15, 0.2) is 61.1 Å². The number of likely N-dealkylation sites (tertiary alicyclic amines) is 1. The summed E-state index contributed by atoms with van der Waals surface area (Å²) >= 11 is 0. The van der Waals surface area contributed by atoms with Gasteiger partial charge in [-0.1, -0.05) is 18.2 Å². The molecule has 1 aromatic carbocycles. The number of rotatable bonds is 6. The van der Waals surface area contributed by atoms with Gasteiger partial charge in [-0.25, -0.2) is 14.4 Å². The third-order valence-electron chi connectivity index (χ3n) is 5.03. The predicted octanol–water partition coefficient (Wildman–Crippen LogP) is 3.16. The van der Waals surface area contributed by atoms with E-state index in [9.17, 15) is 4.39 Å². The van der Waals surface area contributed by atoms with E-state index in [1.54, 1.807) is 18.5 Å². The lowest BCUT2D eigenvalue weighted by Gasteiger charge is -2.33. The molecular weight excluding hydrogens is 341 g/mol. The van der Waals surface area contributed by atoms with Crippen LogP contribution in [-0.2, 0) is 13.1 Å². The predicted molar refractivity (Wildman–Crippen MR) is 103 cm³/mol. The molecule has 1 aliphatic rings. The summed E-state index contributed by atoms with van der Waals surface area (Å²) in [6.07, 6.45) is 7.74. The van der Waals surface area contributed by atoms with Gasteiger partial charge in [0.2, 0.25) is 5.95 Å². The highest BCUT2D eigenvalue weighted by atomic mass is 19.1. The maximum atomic E-state index is 13.9. The molecule has 4 rings (SSSR count). The Kier molecular flexibility index (Phi) is 5.55. The Hall–Kier alpha value is -2.57. The van der Waals surface area contributed by atoms with Crippen LogP contribution in [0.5, 0.6) is 0 Å². The minimum Gasteiger partial charge on any atom is -0.307 e. The van der Waals surface area contributed by atoms with E-state index in [1.165, 1.54) is 6.07 Å². The average Bonchev–Trinajstić information content (AvgIpc) is 3.18. The van der Waals surface area contributed by atoms with Gasteiger partial charge in [0.1, 0.15) is 5.82 Å². The highest BCUT2D eigenvalue weighted by Crippen LogP contribution is 2.16. The second-order valence-corrected chi connectivity index (χ2v) is 6.96. The van der Waals surface area contributed by atoms with Crippen molar-refractivity contribution in [2.45, 2.75) is 32.0 Å². The fraction of sp³-hybridized carbons (Fsp3) is 0.333. The molecule has 0 radical (unpaired) electrons. The molecule has 0 amide bonds. The van der Waals surface area contributed by atoms with Gasteiger partial charge in [-0.05, 0) is 43.7 Å². The standard InChI is InChI=1S/C21H24FN5/c22-20-9-2-1-6-17(20)15-26-12-3-7-18(16-26)25-14-19-8-4-13-27(19)21-23-10-5-11-24-21/h1-2,4-6,8-11,13,18,25H,3,7,12,14-16H2/t18-/m1/s1. The first kappa shape index (κ1) is 17.8. The summed E-state index contributed by atoms with van der Waals surface area (Å²) in [6.45, 7) is 3.36. The SMILES string of the molecule is Fc1ccccc1CN1CCC[C@@H](NCc2cccn2-c2ncccn2)C1. The highest BCUT2D eigenvalue weighted by molar-refractivity contribution is 5.20. The molecule has 140 valence electrons. The number of nitrogens with zero attached hydrogens (tertiary/aromatic N) is 4. The summed E-state index contributed by atoms with van der Waals surface area (Å²) in [5, 5.41) is 3.65. The molecule has 0 aliphatic carbocycles. The first-order chi connectivity index (χ1) is 13.3. The van der Waals surface area contributed by atoms with E-state index in [0.29, 0.717) is 18.5 Å². The molecule has 3 aromatic rings. The number of hydrogen-bond donors (Lipinski definition) is 1. The van der Waals surface area contributed by atoms with E-state index in [4.69, 9.17) is 0 Å². The van der Waals surface area contributed by atoms with Crippen molar-refractivity contribution in [2.75, 3.05) is 13.1 Å². The Morgan fingerprint density at radius 3 is 2.78 bits per heavy atom. The molecule has 0 bridgehead atoms. The Morgan fingerprint density at radius 1 is 1.07 bits per heavy atom. The van der Waals surface area contributed by atoms with Gasteiger partial charge in [-0.2, -0.15) is 0 Å². The maximum Gasteiger partial charge on any atom is 0.233 e. The Labute approximate surface area is 158 Å². The lowest BCUT2D eigenvalue weighted by Crippen LogP contribution is -2.45. The summed E-state index contributed by atoms with van der Waals surface area (Å²) in [5.41, 5.74) is 1.90. The third-order valence-corrected chi connectivity index (χ3v) is 5.03. The number of piperidine rings is 1. The summed E-state index contributed by atoms with van der Waals surface area (Å²) in [5.74, 6) is 0.567. The molecule has 2 aromatic heterocycles. The largest absolute Gasteiger partial charge is 0.307 e. The van der Waals surface area contributed by atoms with Gasteiger partial charge in [-0.15, -0.1) is 0 Å². The van der Waals surface area contributed by atoms with Crippen LogP contribution in [0, 0.1) is 5.82 Å². The molecule has 0 spiro atoms. The number of aromatic nitrogens is 3. The van der Waals surface area contributed by atoms with Gasteiger partial charge in [0.05, 0.1) is 0 Å². The summed E-state index contributed by atoms with van der Waals surface area (Å²) in [6, 6.07) is 13.4. The van der Waals surface area contributed by atoms with Crippen molar-refractivity contribution in [2.24, 2.45) is 0 Å². The summed E-state index contributed by atoms with van der Waals surface area (Å²) in [7, 11) is 0. The zero-order valence-corrected chi connectivity index (χ0v) is 15.3. The van der Waals surface area contributed by atoms with Gasteiger partial charge < -0.3 is 5.32 Å². The van der Waals surface area contributed by atoms with Crippen LogP contribution < -0.4 is 5.32 Å². The van der Waals surface area contributed by atoms with Crippen molar-refractivity contribution in [1.29, 1.82) is 0 Å². The van der Waals surface area contributed by atoms with E-state index in [0.717, 1.165) is 43.7 Å². The van der Waals surface area contributed by atoms with Gasteiger partial charge >= 0.3 is 0 Å². The molecule has 6 heteroatoms. The van der Waals surface area contributed by atoms with Gasteiger partial charge in [0, 0.05) is 55.5 Å². The normalized spacial score (nSPS) is 17.9. The van der Waals surface area contributed by atoms with Crippen LogP contribution in [0.1, 0.15) is 24.1 Å². The Balaban J connectivity index is 1.35. The minimum atomic E-state index is -0.117. The first-order valence-electron chi connectivity index (χ1n) is 9.42. The van der Waals surface area contributed by atoms with E-state index < -0.39 is 0 Å². The number of nitrogens with one attached hydrogen (secondary N) is 1. The molecular formula is C21H24FN5. The van der Waals surface area contributed by atoms with Crippen molar-refractivity contribution in [3.05, 3.63) is 78.1 Å². The van der Waals surface area contributed by atoms with E-state index in [2.05, 4.69) is 26.3 Å². The molecule has 0 saturated carbocycles. The molecule has 0 unspecified atom stereocenters. The Bertz CT molecular complexity index is 864. The molecule has 5 nitrogen and oxygen atoms in total. The maximum absolute atomic E-state index is 13.9. The fourth-order valence-corrected chi connectivity index (χ4v) is 3.65. The zero-order chi connectivity index (χ0) is 18.5. The molecule has 1 saturated heterocycles. The number of hydrogen-bond acceptors (Lipinski definition) is 4. The minimum absolute atomic E-state index is 0.117. The van der Waals surface area contributed by atoms with Crippen LogP contribution in [0.25, 0.3) is 5.95 Å². The molecule has 1 N–H and O–H groups in total. The van der Waals surface area contributed by atoms with E-state index in [1.807, 2.05) is 35.0 Å². The molecule has 1 fully saturated rings. The fourth-order valence-electron chi connectivity index (χ4n) is 3.65. The molecule has 1 atom stereocenters. The first-order valence-corrected chi connectivity index (χ1v) is 9.42. The van der Waals surface area contributed by atoms with Crippen LogP contribution in [-0.4, -0.2) is 38.6 Å². The Morgan fingerprint density at radius 2 is 1.93 bits per heavy atom. The van der Waals surface area contributed by atoms with Gasteiger partial charge in [0.15, 0.2) is 0 Å². The number of halogens is 1. The van der Waals surface area contributed by atoms with Crippen LogP contribution in [0.2, 0.25) is 0 Å². The van der Waals surface area contributed by atoms with Crippen molar-refractivity contribution in [3.8, 4) is 5.95 Å². The summed E-state index contributed by atoms with van der Waals surface area (Å²) in [4.78, 5) is 11.0. The van der Waals surface area contributed by atoms with Crippen LogP contribution in [0.4, 0.5) is 4.39 Å². The van der Waals surface area contributed by atoms with Crippen LogP contribution in [0.3, 0.4) is 0 Å². The topological polar surface area (TPSA) is 46.0 Å². The smallest absolute Gasteiger partial charge is 0.233 e. The lowest BCUT2D eigenvalue weighted by molar-refractivity contribution is 0.180. The lowest BCUT2D eigenvalue weighted by atomic mass is 10.0. The van der Waals surface area contributed by atoms with E-state index in [-0.39, 0.29) is 5.82 Å². The van der Waals surface area contributed by atoms with Gasteiger partial charge in [-0.3, -0.25) is 9.47 Å². The number of benzene rings is 1. The van der Waals surface area contributed by atoms with Crippen molar-refractivity contribution in [1.82, 2.24) is 24.8 Å². The van der Waals surface area contributed by atoms with Crippen molar-refractivity contribution in [3.63, 3.8) is 0 Å². The van der Waals surface area contributed by atoms with Crippen molar-refractivity contribution < 1.29 is 4.39 Å². The molecule has 3 heterocycles. The monoisotopic (exact) mass is 365 g/mol. The second-order valence-electron chi connectivity index (χ2n) is 6.96. The van der Waals surface area contributed by atoms with E-state index >= 15 is 0 Å². The molecule has 27 heavy (non-hydrogen) atoms. The quantitative estimate of drug-likeness (QED) is 0.729. The highest BCUT2D eigenvalue weighted by Gasteiger charge is 2.20. The summed E-state index contributed by atoms with van der Waals surface area (Å²) < 4.78 is 15.9. The second kappa shape index (κ2) is 8.41. The van der Waals surface area contributed by atoms with Gasteiger partial charge in [0.25, 0.3) is 0 Å². The third kappa shape index (κ3) is 4.40. The molecule has 1 aliphatic heterocycles. The van der Waals surface area contributed by atoms with Crippen LogP contribution >= 0.6 is 0 Å². The van der Waals surface area contributed by atoms with Crippen molar-refractivity contribution >= 4 is 0 Å². The zero-order valence-electron chi connectivity index (χ0n) is 15.3. The average molecular weight is 365 g/mol.